The average Bonchev–Trinajstić information content (AvgIpc) is 2.31. The topological polar surface area (TPSA) is 30.5 Å². The smallest absolute Gasteiger partial charge is 0.212 e. The molecule has 1 atom stereocenters. The Morgan fingerprint density at radius 1 is 1.53 bits per heavy atom. The number of benzene rings is 1. The molecule has 0 spiro atoms. The number of fused-ring (bicyclic) bond motifs is 1. The maximum atomic E-state index is 13.3. The first-order chi connectivity index (χ1) is 8.20. The highest BCUT2D eigenvalue weighted by molar-refractivity contribution is 9.10. The summed E-state index contributed by atoms with van der Waals surface area (Å²) in [4.78, 5) is 0. The number of halogens is 2. The minimum atomic E-state index is -0.300. The Morgan fingerprint density at radius 3 is 3.12 bits per heavy atom. The molecule has 5 heteroatoms. The first kappa shape index (κ1) is 12.8. The number of hydrogen-bond donors (Lipinski definition) is 1. The van der Waals surface area contributed by atoms with Gasteiger partial charge in [0.1, 0.15) is 11.6 Å². The van der Waals surface area contributed by atoms with Gasteiger partial charge >= 0.3 is 0 Å². The summed E-state index contributed by atoms with van der Waals surface area (Å²) in [5, 5.41) is 3.23. The maximum Gasteiger partial charge on any atom is 0.212 e. The summed E-state index contributed by atoms with van der Waals surface area (Å²) in [7, 11) is 0. The summed E-state index contributed by atoms with van der Waals surface area (Å²) in [6, 6.07) is 3.09. The molecule has 3 nitrogen and oxygen atoms in total. The van der Waals surface area contributed by atoms with Gasteiger partial charge in [0.25, 0.3) is 0 Å². The molecule has 0 fully saturated rings. The molecule has 1 aliphatic heterocycles. The molecule has 17 heavy (non-hydrogen) atoms. The molecule has 0 radical (unpaired) electrons. The number of ether oxygens (including phenoxy) is 2. The largest absolute Gasteiger partial charge is 0.463 e. The Kier molecular flexibility index (Phi) is 4.36. The molecular weight excluding hydrogens is 289 g/mol. The normalized spacial score (nSPS) is 18.6. The van der Waals surface area contributed by atoms with Crippen molar-refractivity contribution in [2.24, 2.45) is 0 Å². The molecule has 0 saturated heterocycles. The van der Waals surface area contributed by atoms with Crippen molar-refractivity contribution in [2.45, 2.75) is 26.2 Å². The van der Waals surface area contributed by atoms with E-state index in [9.17, 15) is 4.39 Å². The van der Waals surface area contributed by atoms with Gasteiger partial charge in [0.15, 0.2) is 0 Å². The summed E-state index contributed by atoms with van der Waals surface area (Å²) in [6.45, 7) is 4.06. The van der Waals surface area contributed by atoms with Crippen LogP contribution in [0, 0.1) is 5.82 Å². The summed E-state index contributed by atoms with van der Waals surface area (Å²) in [6.07, 6.45) is 0.770. The Hall–Kier alpha value is -0.650. The molecule has 94 valence electrons. The quantitative estimate of drug-likeness (QED) is 0.868. The predicted octanol–water partition coefficient (Wildman–Crippen LogP) is 2.82. The lowest BCUT2D eigenvalue weighted by molar-refractivity contribution is -0.105. The van der Waals surface area contributed by atoms with Crippen molar-refractivity contribution in [3.63, 3.8) is 0 Å². The van der Waals surface area contributed by atoms with Gasteiger partial charge in [-0.15, -0.1) is 0 Å². The van der Waals surface area contributed by atoms with E-state index in [2.05, 4.69) is 28.2 Å². The molecule has 1 unspecified atom stereocenters. The van der Waals surface area contributed by atoms with Gasteiger partial charge in [-0.1, -0.05) is 6.92 Å². The molecule has 1 heterocycles. The van der Waals surface area contributed by atoms with Crippen LogP contribution in [0.15, 0.2) is 16.6 Å². The van der Waals surface area contributed by atoms with Crippen LogP contribution in [0.4, 0.5) is 4.39 Å². The lowest BCUT2D eigenvalue weighted by atomic mass is 10.2. The van der Waals surface area contributed by atoms with E-state index in [-0.39, 0.29) is 12.1 Å². The van der Waals surface area contributed by atoms with Crippen LogP contribution in [0.2, 0.25) is 0 Å². The van der Waals surface area contributed by atoms with E-state index in [1.807, 2.05) is 0 Å². The van der Waals surface area contributed by atoms with Crippen molar-refractivity contribution < 1.29 is 13.9 Å². The van der Waals surface area contributed by atoms with Crippen LogP contribution in [-0.2, 0) is 11.3 Å². The molecule has 0 bridgehead atoms. The van der Waals surface area contributed by atoms with Gasteiger partial charge in [-0.3, -0.25) is 0 Å². The van der Waals surface area contributed by atoms with Gasteiger partial charge in [-0.05, 0) is 41.0 Å². The number of hydrogen-bond acceptors (Lipinski definition) is 3. The zero-order chi connectivity index (χ0) is 12.3. The molecule has 1 aliphatic rings. The van der Waals surface area contributed by atoms with Crippen LogP contribution in [0.3, 0.4) is 0 Å². The minimum absolute atomic E-state index is 0.293. The van der Waals surface area contributed by atoms with E-state index in [4.69, 9.17) is 9.47 Å². The molecule has 1 aromatic carbocycles. The molecule has 0 aliphatic carbocycles. The molecule has 1 aromatic rings. The summed E-state index contributed by atoms with van der Waals surface area (Å²) < 4.78 is 24.8. The summed E-state index contributed by atoms with van der Waals surface area (Å²) >= 11 is 3.15. The van der Waals surface area contributed by atoms with E-state index in [0.717, 1.165) is 18.5 Å². The van der Waals surface area contributed by atoms with Crippen LogP contribution in [0.5, 0.6) is 5.75 Å². The monoisotopic (exact) mass is 303 g/mol. The average molecular weight is 304 g/mol. The Morgan fingerprint density at radius 2 is 2.35 bits per heavy atom. The molecule has 1 N–H and O–H groups in total. The van der Waals surface area contributed by atoms with Crippen molar-refractivity contribution >= 4 is 15.9 Å². The van der Waals surface area contributed by atoms with Crippen LogP contribution in [0.1, 0.15) is 18.9 Å². The third-order valence-electron chi connectivity index (χ3n) is 2.52. The standard InChI is InChI=1S/C12H15BrFNO2/c1-2-3-15-6-12-16-7-8-4-10(14)9(13)5-11(8)17-12/h4-5,12,15H,2-3,6-7H2,1H3. The van der Waals surface area contributed by atoms with Gasteiger partial charge in [0, 0.05) is 5.56 Å². The Labute approximate surface area is 108 Å². The fourth-order valence-corrected chi connectivity index (χ4v) is 1.97. The van der Waals surface area contributed by atoms with Crippen LogP contribution in [-0.4, -0.2) is 19.4 Å². The van der Waals surface area contributed by atoms with E-state index in [1.54, 1.807) is 6.07 Å². The Balaban J connectivity index is 2.00. The van der Waals surface area contributed by atoms with Gasteiger partial charge < -0.3 is 14.8 Å². The number of rotatable bonds is 4. The van der Waals surface area contributed by atoms with Crippen LogP contribution >= 0.6 is 15.9 Å². The highest BCUT2D eigenvalue weighted by Crippen LogP contribution is 2.31. The molecule has 2 rings (SSSR count). The zero-order valence-electron chi connectivity index (χ0n) is 9.63. The van der Waals surface area contributed by atoms with Crippen molar-refractivity contribution in [1.82, 2.24) is 5.32 Å². The zero-order valence-corrected chi connectivity index (χ0v) is 11.2. The summed E-state index contributed by atoms with van der Waals surface area (Å²) in [5.41, 5.74) is 0.748. The first-order valence-corrected chi connectivity index (χ1v) is 6.47. The maximum absolute atomic E-state index is 13.3. The summed E-state index contributed by atoms with van der Waals surface area (Å²) in [5.74, 6) is 0.395. The molecular formula is C12H15BrFNO2. The van der Waals surface area contributed by atoms with E-state index in [0.29, 0.717) is 23.4 Å². The van der Waals surface area contributed by atoms with Gasteiger partial charge in [-0.2, -0.15) is 0 Å². The van der Waals surface area contributed by atoms with Crippen molar-refractivity contribution in [3.05, 3.63) is 28.0 Å². The van der Waals surface area contributed by atoms with Crippen LogP contribution < -0.4 is 10.1 Å². The minimum Gasteiger partial charge on any atom is -0.463 e. The Bertz CT molecular complexity index is 400. The first-order valence-electron chi connectivity index (χ1n) is 5.67. The fraction of sp³-hybridized carbons (Fsp3) is 0.500. The fourth-order valence-electron chi connectivity index (χ4n) is 1.65. The van der Waals surface area contributed by atoms with Crippen molar-refractivity contribution in [3.8, 4) is 5.75 Å². The molecule has 0 saturated carbocycles. The second kappa shape index (κ2) is 5.80. The predicted molar refractivity (Wildman–Crippen MR) is 66.5 cm³/mol. The van der Waals surface area contributed by atoms with Gasteiger partial charge in [0.2, 0.25) is 6.29 Å². The highest BCUT2D eigenvalue weighted by atomic mass is 79.9. The third-order valence-corrected chi connectivity index (χ3v) is 3.13. The lowest BCUT2D eigenvalue weighted by Gasteiger charge is -2.26. The van der Waals surface area contributed by atoms with Gasteiger partial charge in [0.05, 0.1) is 17.6 Å². The number of nitrogens with one attached hydrogen (secondary N) is 1. The van der Waals surface area contributed by atoms with Crippen molar-refractivity contribution in [1.29, 1.82) is 0 Å². The SMILES string of the molecule is CCCNCC1OCc2cc(F)c(Br)cc2O1. The highest BCUT2D eigenvalue weighted by Gasteiger charge is 2.21. The van der Waals surface area contributed by atoms with Crippen LogP contribution in [0.25, 0.3) is 0 Å². The van der Waals surface area contributed by atoms with Gasteiger partial charge in [-0.25, -0.2) is 4.39 Å². The molecule has 0 aromatic heterocycles. The molecule has 0 amide bonds. The third kappa shape index (κ3) is 3.18. The van der Waals surface area contributed by atoms with Crippen molar-refractivity contribution in [2.75, 3.05) is 13.1 Å². The van der Waals surface area contributed by atoms with E-state index in [1.165, 1.54) is 6.07 Å². The second-order valence-corrected chi connectivity index (χ2v) is 4.79. The van der Waals surface area contributed by atoms with E-state index < -0.39 is 0 Å². The van der Waals surface area contributed by atoms with E-state index >= 15 is 0 Å². The lowest BCUT2D eigenvalue weighted by Crippen LogP contribution is -2.36. The second-order valence-electron chi connectivity index (χ2n) is 3.94.